The van der Waals surface area contributed by atoms with Crippen LogP contribution in [0.4, 0.5) is 10.5 Å². The van der Waals surface area contributed by atoms with Crippen LogP contribution >= 0.6 is 11.6 Å². The molecule has 1 aromatic rings. The van der Waals surface area contributed by atoms with Crippen molar-refractivity contribution in [2.24, 2.45) is 0 Å². The minimum absolute atomic E-state index is 0.0496. The van der Waals surface area contributed by atoms with Gasteiger partial charge in [-0.15, -0.1) is 0 Å². The van der Waals surface area contributed by atoms with Gasteiger partial charge in [0.15, 0.2) is 0 Å². The third kappa shape index (κ3) is 5.18. The van der Waals surface area contributed by atoms with Crippen LogP contribution in [0.5, 0.6) is 0 Å². The Balaban J connectivity index is 2.49. The first-order valence-corrected chi connectivity index (χ1v) is 6.28. The van der Waals surface area contributed by atoms with Crippen molar-refractivity contribution in [3.05, 3.63) is 28.8 Å². The Morgan fingerprint density at radius 3 is 2.68 bits per heavy atom. The van der Waals surface area contributed by atoms with E-state index in [0.29, 0.717) is 23.7 Å². The van der Waals surface area contributed by atoms with Gasteiger partial charge in [-0.05, 0) is 31.0 Å². The molecule has 6 heteroatoms. The number of nitrogens with one attached hydrogen (secondary N) is 1. The first kappa shape index (κ1) is 15.3. The quantitative estimate of drug-likeness (QED) is 0.873. The maximum atomic E-state index is 11.8. The van der Waals surface area contributed by atoms with E-state index >= 15 is 0 Å². The average Bonchev–Trinajstić information content (AvgIpc) is 2.33. The van der Waals surface area contributed by atoms with Crippen LogP contribution in [0.25, 0.3) is 0 Å². The van der Waals surface area contributed by atoms with Crippen LogP contribution in [-0.4, -0.2) is 35.6 Å². The number of hydrogen-bond acceptors (Lipinski definition) is 2. The van der Waals surface area contributed by atoms with Crippen molar-refractivity contribution in [3.63, 3.8) is 0 Å². The van der Waals surface area contributed by atoms with E-state index < -0.39 is 5.97 Å². The highest BCUT2D eigenvalue weighted by Crippen LogP contribution is 2.20. The number of benzene rings is 1. The number of amides is 2. The minimum Gasteiger partial charge on any atom is -0.481 e. The maximum absolute atomic E-state index is 11.8. The van der Waals surface area contributed by atoms with Crippen LogP contribution in [0.3, 0.4) is 0 Å². The van der Waals surface area contributed by atoms with Crippen LogP contribution in [0.1, 0.15) is 18.4 Å². The van der Waals surface area contributed by atoms with E-state index in [2.05, 4.69) is 5.32 Å². The van der Waals surface area contributed by atoms with Gasteiger partial charge in [-0.2, -0.15) is 0 Å². The summed E-state index contributed by atoms with van der Waals surface area (Å²) in [5.41, 5.74) is 1.56. The lowest BCUT2D eigenvalue weighted by Gasteiger charge is -2.17. The molecule has 0 aliphatic rings. The number of hydrogen-bond donors (Lipinski definition) is 2. The summed E-state index contributed by atoms with van der Waals surface area (Å²) in [4.78, 5) is 23.6. The molecule has 1 aromatic carbocycles. The van der Waals surface area contributed by atoms with Crippen molar-refractivity contribution < 1.29 is 14.7 Å². The molecule has 19 heavy (non-hydrogen) atoms. The highest BCUT2D eigenvalue weighted by molar-refractivity contribution is 6.31. The van der Waals surface area contributed by atoms with Crippen LogP contribution in [0.2, 0.25) is 5.02 Å². The smallest absolute Gasteiger partial charge is 0.321 e. The predicted molar refractivity (Wildman–Crippen MR) is 74.7 cm³/mol. The number of carboxylic acid groups (broad SMARTS) is 1. The number of carbonyl (C=O) groups excluding carboxylic acids is 1. The van der Waals surface area contributed by atoms with Gasteiger partial charge in [0.2, 0.25) is 0 Å². The van der Waals surface area contributed by atoms with Gasteiger partial charge in [-0.1, -0.05) is 17.7 Å². The van der Waals surface area contributed by atoms with E-state index in [4.69, 9.17) is 16.7 Å². The summed E-state index contributed by atoms with van der Waals surface area (Å²) in [6.07, 6.45) is 0.474. The molecule has 0 atom stereocenters. The zero-order valence-corrected chi connectivity index (χ0v) is 11.7. The molecule has 2 N–H and O–H groups in total. The monoisotopic (exact) mass is 284 g/mol. The standard InChI is InChI=1S/C13H17ClN2O3/c1-9-5-6-10(8-11(9)14)15-13(19)16(2)7-3-4-12(17)18/h5-6,8H,3-4,7H2,1-2H3,(H,15,19)(H,17,18). The van der Waals surface area contributed by atoms with Gasteiger partial charge in [0, 0.05) is 30.7 Å². The second kappa shape index (κ2) is 6.99. The predicted octanol–water partition coefficient (Wildman–Crippen LogP) is 2.98. The molecular formula is C13H17ClN2O3. The van der Waals surface area contributed by atoms with Gasteiger partial charge < -0.3 is 15.3 Å². The molecule has 0 heterocycles. The van der Waals surface area contributed by atoms with E-state index in [-0.39, 0.29) is 12.5 Å². The summed E-state index contributed by atoms with van der Waals surface area (Å²) in [5.74, 6) is -0.862. The summed E-state index contributed by atoms with van der Waals surface area (Å²) in [6.45, 7) is 2.27. The second-order valence-electron chi connectivity index (χ2n) is 4.31. The number of urea groups is 1. The molecule has 0 spiro atoms. The Bertz CT molecular complexity index is 477. The molecule has 0 saturated heterocycles. The van der Waals surface area contributed by atoms with Gasteiger partial charge in [0.05, 0.1) is 0 Å². The Morgan fingerprint density at radius 1 is 1.42 bits per heavy atom. The summed E-state index contributed by atoms with van der Waals surface area (Å²) in [7, 11) is 1.62. The lowest BCUT2D eigenvalue weighted by molar-refractivity contribution is -0.137. The van der Waals surface area contributed by atoms with Gasteiger partial charge in [-0.3, -0.25) is 4.79 Å². The van der Waals surface area contributed by atoms with Crippen LogP contribution < -0.4 is 5.32 Å². The first-order valence-electron chi connectivity index (χ1n) is 5.90. The fraction of sp³-hybridized carbons (Fsp3) is 0.385. The van der Waals surface area contributed by atoms with E-state index in [9.17, 15) is 9.59 Å². The molecule has 0 aliphatic carbocycles. The molecule has 0 saturated carbocycles. The van der Waals surface area contributed by atoms with Crippen LogP contribution in [0, 0.1) is 6.92 Å². The summed E-state index contributed by atoms with van der Waals surface area (Å²) < 4.78 is 0. The minimum atomic E-state index is -0.862. The van der Waals surface area contributed by atoms with Crippen molar-refractivity contribution in [1.29, 1.82) is 0 Å². The van der Waals surface area contributed by atoms with Gasteiger partial charge in [0.1, 0.15) is 0 Å². The first-order chi connectivity index (χ1) is 8.90. The molecule has 0 unspecified atom stereocenters. The molecule has 5 nitrogen and oxygen atoms in total. The van der Waals surface area contributed by atoms with E-state index in [1.54, 1.807) is 19.2 Å². The zero-order chi connectivity index (χ0) is 14.4. The Kier molecular flexibility index (Phi) is 5.63. The molecule has 0 fully saturated rings. The van der Waals surface area contributed by atoms with Gasteiger partial charge >= 0.3 is 12.0 Å². The lowest BCUT2D eigenvalue weighted by Crippen LogP contribution is -2.32. The Morgan fingerprint density at radius 2 is 2.11 bits per heavy atom. The number of aliphatic carboxylic acids is 1. The highest BCUT2D eigenvalue weighted by Gasteiger charge is 2.09. The van der Waals surface area contributed by atoms with Gasteiger partial charge in [-0.25, -0.2) is 4.79 Å². The second-order valence-corrected chi connectivity index (χ2v) is 4.72. The zero-order valence-electron chi connectivity index (χ0n) is 10.9. The number of carbonyl (C=O) groups is 2. The third-order valence-corrected chi connectivity index (χ3v) is 3.06. The van der Waals surface area contributed by atoms with E-state index in [0.717, 1.165) is 5.56 Å². The van der Waals surface area contributed by atoms with Crippen LogP contribution in [-0.2, 0) is 4.79 Å². The summed E-state index contributed by atoms with van der Waals surface area (Å²) >= 11 is 5.97. The lowest BCUT2D eigenvalue weighted by atomic mass is 10.2. The fourth-order valence-corrected chi connectivity index (χ4v) is 1.64. The molecule has 2 amide bonds. The van der Waals surface area contributed by atoms with E-state index in [1.807, 2.05) is 13.0 Å². The normalized spacial score (nSPS) is 10.1. The number of halogens is 1. The molecule has 1 rings (SSSR count). The molecule has 0 radical (unpaired) electrons. The van der Waals surface area contributed by atoms with Crippen molar-refractivity contribution in [1.82, 2.24) is 4.90 Å². The van der Waals surface area contributed by atoms with Gasteiger partial charge in [0.25, 0.3) is 0 Å². The SMILES string of the molecule is Cc1ccc(NC(=O)N(C)CCCC(=O)O)cc1Cl. The Labute approximate surface area is 117 Å². The van der Waals surface area contributed by atoms with Crippen molar-refractivity contribution in [2.45, 2.75) is 19.8 Å². The molecule has 104 valence electrons. The van der Waals surface area contributed by atoms with Crippen LogP contribution in [0.15, 0.2) is 18.2 Å². The van der Waals surface area contributed by atoms with Crippen molar-refractivity contribution in [3.8, 4) is 0 Å². The van der Waals surface area contributed by atoms with E-state index in [1.165, 1.54) is 4.90 Å². The average molecular weight is 285 g/mol. The molecule has 0 bridgehead atoms. The Hall–Kier alpha value is -1.75. The number of nitrogens with zero attached hydrogens (tertiary/aromatic N) is 1. The highest BCUT2D eigenvalue weighted by atomic mass is 35.5. The largest absolute Gasteiger partial charge is 0.481 e. The molecular weight excluding hydrogens is 268 g/mol. The van der Waals surface area contributed by atoms with Crippen molar-refractivity contribution >= 4 is 29.3 Å². The summed E-state index contributed by atoms with van der Waals surface area (Å²) in [6, 6.07) is 4.98. The third-order valence-electron chi connectivity index (χ3n) is 2.65. The fourth-order valence-electron chi connectivity index (χ4n) is 1.46. The topological polar surface area (TPSA) is 69.6 Å². The number of anilines is 1. The number of carboxylic acids is 1. The maximum Gasteiger partial charge on any atom is 0.321 e. The number of rotatable bonds is 5. The van der Waals surface area contributed by atoms with Crippen molar-refractivity contribution in [2.75, 3.05) is 18.9 Å². The molecule has 0 aromatic heterocycles. The molecule has 0 aliphatic heterocycles. The number of aryl methyl sites for hydroxylation is 1. The summed E-state index contributed by atoms with van der Waals surface area (Å²) in [5, 5.41) is 11.8.